The highest BCUT2D eigenvalue weighted by Crippen LogP contribution is 2.13. The zero-order valence-corrected chi connectivity index (χ0v) is 11.7. The Kier molecular flexibility index (Phi) is 7.44. The normalized spacial score (nSPS) is 10.1. The largest absolute Gasteiger partial charge is 0.493 e. The molecule has 0 aliphatic rings. The zero-order chi connectivity index (χ0) is 13.2. The maximum absolute atomic E-state index is 11.6. The lowest BCUT2D eigenvalue weighted by atomic mass is 10.2. The average Bonchev–Trinajstić information content (AvgIpc) is 2.41. The SMILES string of the molecule is O=C(OCCCCO)c1ccc(OCCBr)cc1. The van der Waals surface area contributed by atoms with E-state index in [1.54, 1.807) is 24.3 Å². The average molecular weight is 317 g/mol. The Labute approximate surface area is 115 Å². The topological polar surface area (TPSA) is 55.8 Å². The number of rotatable bonds is 8. The molecule has 0 heterocycles. The zero-order valence-electron chi connectivity index (χ0n) is 10.1. The van der Waals surface area contributed by atoms with E-state index >= 15 is 0 Å². The van der Waals surface area contributed by atoms with Crippen LogP contribution in [0.4, 0.5) is 0 Å². The minimum atomic E-state index is -0.347. The fraction of sp³-hybridized carbons (Fsp3) is 0.462. The molecule has 1 aromatic rings. The minimum Gasteiger partial charge on any atom is -0.493 e. The Morgan fingerprint density at radius 3 is 2.50 bits per heavy atom. The molecule has 4 nitrogen and oxygen atoms in total. The summed E-state index contributed by atoms with van der Waals surface area (Å²) >= 11 is 3.27. The summed E-state index contributed by atoms with van der Waals surface area (Å²) in [4.78, 5) is 11.6. The lowest BCUT2D eigenvalue weighted by molar-refractivity contribution is 0.0492. The minimum absolute atomic E-state index is 0.122. The van der Waals surface area contributed by atoms with Gasteiger partial charge in [0.15, 0.2) is 0 Å². The molecule has 1 rings (SSSR count). The fourth-order valence-electron chi connectivity index (χ4n) is 1.31. The number of hydrogen-bond acceptors (Lipinski definition) is 4. The van der Waals surface area contributed by atoms with Crippen molar-refractivity contribution in [3.8, 4) is 5.75 Å². The van der Waals surface area contributed by atoms with Gasteiger partial charge in [0.2, 0.25) is 0 Å². The molecular formula is C13H17BrO4. The van der Waals surface area contributed by atoms with E-state index in [4.69, 9.17) is 14.6 Å². The number of esters is 1. The molecule has 0 spiro atoms. The first kappa shape index (κ1) is 15.0. The summed E-state index contributed by atoms with van der Waals surface area (Å²) in [6.45, 7) is 1.04. The van der Waals surface area contributed by atoms with Crippen LogP contribution in [0.15, 0.2) is 24.3 Å². The van der Waals surface area contributed by atoms with Crippen molar-refractivity contribution in [3.05, 3.63) is 29.8 Å². The predicted octanol–water partition coefficient (Wildman–Crippen LogP) is 2.39. The molecule has 100 valence electrons. The number of unbranched alkanes of at least 4 members (excludes halogenated alkanes) is 1. The number of carbonyl (C=O) groups is 1. The van der Waals surface area contributed by atoms with Crippen molar-refractivity contribution >= 4 is 21.9 Å². The second kappa shape index (κ2) is 8.94. The number of benzene rings is 1. The highest BCUT2D eigenvalue weighted by Gasteiger charge is 2.06. The van der Waals surface area contributed by atoms with Crippen LogP contribution in [-0.2, 0) is 4.74 Å². The summed E-state index contributed by atoms with van der Waals surface area (Å²) in [6, 6.07) is 6.84. The Balaban J connectivity index is 2.38. The molecule has 0 aliphatic heterocycles. The van der Waals surface area contributed by atoms with E-state index in [-0.39, 0.29) is 12.6 Å². The van der Waals surface area contributed by atoms with Gasteiger partial charge in [0.25, 0.3) is 0 Å². The second-order valence-corrected chi connectivity index (χ2v) is 4.42. The van der Waals surface area contributed by atoms with Gasteiger partial charge in [-0.2, -0.15) is 0 Å². The molecule has 0 radical (unpaired) electrons. The molecule has 0 saturated carbocycles. The Morgan fingerprint density at radius 2 is 1.89 bits per heavy atom. The number of ether oxygens (including phenoxy) is 2. The molecule has 0 amide bonds. The number of aliphatic hydroxyl groups is 1. The summed E-state index contributed by atoms with van der Waals surface area (Å²) in [5, 5.41) is 9.36. The number of alkyl halides is 1. The van der Waals surface area contributed by atoms with Crippen molar-refractivity contribution in [2.45, 2.75) is 12.8 Å². The van der Waals surface area contributed by atoms with Gasteiger partial charge in [-0.3, -0.25) is 0 Å². The molecule has 0 fully saturated rings. The third-order valence-electron chi connectivity index (χ3n) is 2.22. The number of aliphatic hydroxyl groups excluding tert-OH is 1. The third kappa shape index (κ3) is 5.51. The van der Waals surface area contributed by atoms with E-state index in [1.165, 1.54) is 0 Å². The molecule has 5 heteroatoms. The van der Waals surface area contributed by atoms with Crippen molar-refractivity contribution in [3.63, 3.8) is 0 Å². The number of carbonyl (C=O) groups excluding carboxylic acids is 1. The molecule has 0 aliphatic carbocycles. The lowest BCUT2D eigenvalue weighted by Gasteiger charge is -2.06. The molecule has 0 atom stereocenters. The van der Waals surface area contributed by atoms with Gasteiger partial charge < -0.3 is 14.6 Å². The van der Waals surface area contributed by atoms with Crippen molar-refractivity contribution < 1.29 is 19.4 Å². The van der Waals surface area contributed by atoms with Crippen molar-refractivity contribution in [2.24, 2.45) is 0 Å². The van der Waals surface area contributed by atoms with Crippen LogP contribution in [0.25, 0.3) is 0 Å². The van der Waals surface area contributed by atoms with E-state index in [1.807, 2.05) is 0 Å². The standard InChI is InChI=1S/C13H17BrO4/c14-7-10-17-12-5-3-11(4-6-12)13(16)18-9-2-1-8-15/h3-6,15H,1-2,7-10H2. The van der Waals surface area contributed by atoms with Gasteiger partial charge in [0, 0.05) is 11.9 Å². The van der Waals surface area contributed by atoms with E-state index in [2.05, 4.69) is 15.9 Å². The quantitative estimate of drug-likeness (QED) is 0.454. The van der Waals surface area contributed by atoms with Crippen LogP contribution in [0.1, 0.15) is 23.2 Å². The van der Waals surface area contributed by atoms with Crippen molar-refractivity contribution in [1.29, 1.82) is 0 Å². The van der Waals surface area contributed by atoms with Gasteiger partial charge in [0.1, 0.15) is 5.75 Å². The molecule has 0 saturated heterocycles. The van der Waals surface area contributed by atoms with Gasteiger partial charge in [-0.15, -0.1) is 0 Å². The number of halogens is 1. The van der Waals surface area contributed by atoms with Crippen LogP contribution in [0.2, 0.25) is 0 Å². The van der Waals surface area contributed by atoms with Gasteiger partial charge in [-0.25, -0.2) is 4.79 Å². The monoisotopic (exact) mass is 316 g/mol. The Hall–Kier alpha value is -1.07. The highest BCUT2D eigenvalue weighted by molar-refractivity contribution is 9.09. The maximum atomic E-state index is 11.6. The second-order valence-electron chi connectivity index (χ2n) is 3.63. The summed E-state index contributed by atoms with van der Waals surface area (Å²) < 4.78 is 10.4. The number of hydrogen-bond donors (Lipinski definition) is 1. The smallest absolute Gasteiger partial charge is 0.338 e. The first-order valence-electron chi connectivity index (χ1n) is 5.84. The molecule has 0 bridgehead atoms. The maximum Gasteiger partial charge on any atom is 0.338 e. The van der Waals surface area contributed by atoms with Gasteiger partial charge in [0.05, 0.1) is 18.8 Å². The Morgan fingerprint density at radius 1 is 1.17 bits per heavy atom. The van der Waals surface area contributed by atoms with E-state index < -0.39 is 0 Å². The van der Waals surface area contributed by atoms with Gasteiger partial charge in [-0.1, -0.05) is 15.9 Å². The Bertz CT molecular complexity index is 351. The molecule has 1 N–H and O–H groups in total. The molecular weight excluding hydrogens is 300 g/mol. The van der Waals surface area contributed by atoms with Gasteiger partial charge in [-0.05, 0) is 37.1 Å². The molecule has 0 aromatic heterocycles. The first-order valence-corrected chi connectivity index (χ1v) is 6.97. The van der Waals surface area contributed by atoms with Gasteiger partial charge >= 0.3 is 5.97 Å². The lowest BCUT2D eigenvalue weighted by Crippen LogP contribution is -2.07. The van der Waals surface area contributed by atoms with Crippen LogP contribution in [-0.4, -0.2) is 36.2 Å². The summed E-state index contributed by atoms with van der Waals surface area (Å²) in [5.74, 6) is 0.381. The predicted molar refractivity (Wildman–Crippen MR) is 72.3 cm³/mol. The highest BCUT2D eigenvalue weighted by atomic mass is 79.9. The van der Waals surface area contributed by atoms with Crippen LogP contribution in [0, 0.1) is 0 Å². The van der Waals surface area contributed by atoms with Crippen LogP contribution in [0.5, 0.6) is 5.75 Å². The molecule has 18 heavy (non-hydrogen) atoms. The van der Waals surface area contributed by atoms with Crippen molar-refractivity contribution in [1.82, 2.24) is 0 Å². The van der Waals surface area contributed by atoms with E-state index in [0.717, 1.165) is 11.1 Å². The van der Waals surface area contributed by atoms with E-state index in [9.17, 15) is 4.79 Å². The summed E-state index contributed by atoms with van der Waals surface area (Å²) in [5.41, 5.74) is 0.505. The molecule has 1 aromatic carbocycles. The third-order valence-corrected chi connectivity index (χ3v) is 2.55. The van der Waals surface area contributed by atoms with Crippen LogP contribution in [0.3, 0.4) is 0 Å². The van der Waals surface area contributed by atoms with Crippen LogP contribution < -0.4 is 4.74 Å². The summed E-state index contributed by atoms with van der Waals surface area (Å²) in [7, 11) is 0. The first-order chi connectivity index (χ1) is 8.77. The van der Waals surface area contributed by atoms with Crippen LogP contribution >= 0.6 is 15.9 Å². The van der Waals surface area contributed by atoms with E-state index in [0.29, 0.717) is 31.6 Å². The van der Waals surface area contributed by atoms with Crippen molar-refractivity contribution in [2.75, 3.05) is 25.2 Å². The molecule has 0 unspecified atom stereocenters. The summed E-state index contributed by atoms with van der Waals surface area (Å²) in [6.07, 6.45) is 1.32. The fourth-order valence-corrected chi connectivity index (χ4v) is 1.47.